The first-order valence-electron chi connectivity index (χ1n) is 6.30. The number of hydrogen-bond donors (Lipinski definition) is 1. The lowest BCUT2D eigenvalue weighted by atomic mass is 10.2. The fraction of sp³-hybridized carbons (Fsp3) is 0.462. The molecule has 1 aromatic rings. The predicted molar refractivity (Wildman–Crippen MR) is 76.3 cm³/mol. The van der Waals surface area contributed by atoms with Crippen molar-refractivity contribution in [3.8, 4) is 5.75 Å². The maximum atomic E-state index is 12.5. The molecule has 0 aliphatic heterocycles. The highest BCUT2D eigenvalue weighted by Crippen LogP contribution is 2.27. The highest BCUT2D eigenvalue weighted by Gasteiger charge is 2.26. The molecule has 0 unspecified atom stereocenters. The van der Waals surface area contributed by atoms with Crippen LogP contribution in [0.25, 0.3) is 0 Å². The van der Waals surface area contributed by atoms with E-state index in [0.717, 1.165) is 10.4 Å². The normalized spacial score (nSPS) is 11.6. The Balaban J connectivity index is 3.16. The van der Waals surface area contributed by atoms with Gasteiger partial charge < -0.3 is 14.6 Å². The summed E-state index contributed by atoms with van der Waals surface area (Å²) in [5.41, 5.74) is -0.118. The number of methoxy groups -OCH3 is 1. The van der Waals surface area contributed by atoms with E-state index in [-0.39, 0.29) is 29.4 Å². The van der Waals surface area contributed by atoms with Crippen LogP contribution in [0.3, 0.4) is 0 Å². The number of likely N-dealkylation sites (N-methyl/N-ethyl adjacent to an activating group) is 1. The minimum absolute atomic E-state index is 0.100. The second-order valence-corrected chi connectivity index (χ2v) is 6.21. The molecule has 0 aliphatic rings. The molecule has 0 aliphatic carbocycles. The number of carboxylic acid groups (broad SMARTS) is 1. The molecule has 21 heavy (non-hydrogen) atoms. The van der Waals surface area contributed by atoms with E-state index >= 15 is 0 Å². The smallest absolute Gasteiger partial charge is 0.335 e. The van der Waals surface area contributed by atoms with Crippen molar-refractivity contribution in [1.29, 1.82) is 0 Å². The molecule has 0 bridgehead atoms. The van der Waals surface area contributed by atoms with Gasteiger partial charge in [0.1, 0.15) is 10.6 Å². The van der Waals surface area contributed by atoms with Gasteiger partial charge in [0.25, 0.3) is 0 Å². The maximum Gasteiger partial charge on any atom is 0.335 e. The molecule has 0 saturated carbocycles. The van der Waals surface area contributed by atoms with Crippen LogP contribution in [0.15, 0.2) is 23.1 Å². The van der Waals surface area contributed by atoms with Crippen molar-refractivity contribution in [2.45, 2.75) is 11.8 Å². The van der Waals surface area contributed by atoms with Gasteiger partial charge in [0.05, 0.1) is 19.3 Å². The first-order chi connectivity index (χ1) is 9.84. The highest BCUT2D eigenvalue weighted by atomic mass is 32.2. The van der Waals surface area contributed by atoms with Crippen LogP contribution in [0.2, 0.25) is 0 Å². The first-order valence-corrected chi connectivity index (χ1v) is 7.74. The summed E-state index contributed by atoms with van der Waals surface area (Å²) in [6.07, 6.45) is 0. The Morgan fingerprint density at radius 3 is 2.57 bits per heavy atom. The Labute approximate surface area is 124 Å². The summed E-state index contributed by atoms with van der Waals surface area (Å²) in [6.45, 7) is 2.73. The lowest BCUT2D eigenvalue weighted by Gasteiger charge is -2.19. The first kappa shape index (κ1) is 17.4. The third kappa shape index (κ3) is 4.16. The third-order valence-electron chi connectivity index (χ3n) is 2.85. The summed E-state index contributed by atoms with van der Waals surface area (Å²) in [7, 11) is -1.12. The summed E-state index contributed by atoms with van der Waals surface area (Å²) in [4.78, 5) is 10.8. The zero-order valence-corrected chi connectivity index (χ0v) is 13.0. The molecule has 1 N–H and O–H groups in total. The van der Waals surface area contributed by atoms with Gasteiger partial charge in [0, 0.05) is 20.2 Å². The zero-order chi connectivity index (χ0) is 16.0. The van der Waals surface area contributed by atoms with Gasteiger partial charge in [0.15, 0.2) is 0 Å². The number of carbonyl (C=O) groups is 1. The second kappa shape index (κ2) is 7.39. The van der Waals surface area contributed by atoms with Crippen LogP contribution >= 0.6 is 0 Å². The Morgan fingerprint density at radius 2 is 2.05 bits per heavy atom. The van der Waals surface area contributed by atoms with Crippen molar-refractivity contribution in [2.24, 2.45) is 0 Å². The average molecular weight is 317 g/mol. The van der Waals surface area contributed by atoms with E-state index in [1.54, 1.807) is 0 Å². The molecule has 0 atom stereocenters. The minimum atomic E-state index is -3.85. The van der Waals surface area contributed by atoms with Crippen molar-refractivity contribution < 1.29 is 27.8 Å². The van der Waals surface area contributed by atoms with E-state index in [1.807, 2.05) is 6.92 Å². The van der Waals surface area contributed by atoms with E-state index in [0.29, 0.717) is 6.61 Å². The number of ether oxygens (including phenoxy) is 2. The van der Waals surface area contributed by atoms with Crippen molar-refractivity contribution in [1.82, 2.24) is 4.31 Å². The zero-order valence-electron chi connectivity index (χ0n) is 12.2. The van der Waals surface area contributed by atoms with Gasteiger partial charge in [-0.1, -0.05) is 0 Å². The number of nitrogens with zero attached hydrogens (tertiary/aromatic N) is 1. The van der Waals surface area contributed by atoms with Gasteiger partial charge in [-0.25, -0.2) is 13.2 Å². The molecule has 0 heterocycles. The standard InChI is InChI=1S/C13H19NO6S/c1-4-20-8-7-14(2)21(17,18)12-9-10(13(15)16)5-6-11(12)19-3/h5-6,9H,4,7-8H2,1-3H3,(H,15,16). The molecule has 0 aromatic heterocycles. The van der Waals surface area contributed by atoms with Crippen molar-refractivity contribution in [3.05, 3.63) is 23.8 Å². The highest BCUT2D eigenvalue weighted by molar-refractivity contribution is 7.89. The molecule has 0 spiro atoms. The number of sulfonamides is 1. The Morgan fingerprint density at radius 1 is 1.38 bits per heavy atom. The number of hydrogen-bond acceptors (Lipinski definition) is 5. The molecule has 0 radical (unpaired) electrons. The van der Waals surface area contributed by atoms with Gasteiger partial charge in [-0.3, -0.25) is 0 Å². The van der Waals surface area contributed by atoms with Crippen LogP contribution in [0.5, 0.6) is 5.75 Å². The van der Waals surface area contributed by atoms with Gasteiger partial charge in [-0.2, -0.15) is 4.31 Å². The van der Waals surface area contributed by atoms with E-state index in [4.69, 9.17) is 14.6 Å². The van der Waals surface area contributed by atoms with E-state index in [9.17, 15) is 13.2 Å². The van der Waals surface area contributed by atoms with Gasteiger partial charge >= 0.3 is 5.97 Å². The minimum Gasteiger partial charge on any atom is -0.495 e. The van der Waals surface area contributed by atoms with E-state index in [2.05, 4.69) is 0 Å². The largest absolute Gasteiger partial charge is 0.495 e. The van der Waals surface area contributed by atoms with Crippen molar-refractivity contribution in [2.75, 3.05) is 33.9 Å². The number of rotatable bonds is 8. The van der Waals surface area contributed by atoms with Gasteiger partial charge in [-0.05, 0) is 25.1 Å². The van der Waals surface area contributed by atoms with Crippen LogP contribution < -0.4 is 4.74 Å². The number of benzene rings is 1. The Hall–Kier alpha value is -1.64. The van der Waals surface area contributed by atoms with Crippen molar-refractivity contribution in [3.63, 3.8) is 0 Å². The lowest BCUT2D eigenvalue weighted by molar-refractivity contribution is 0.0696. The summed E-state index contributed by atoms with van der Waals surface area (Å²) in [6, 6.07) is 3.71. The monoisotopic (exact) mass is 317 g/mol. The molecule has 8 heteroatoms. The summed E-state index contributed by atoms with van der Waals surface area (Å²) >= 11 is 0. The fourth-order valence-electron chi connectivity index (χ4n) is 1.64. The molecule has 0 amide bonds. The van der Waals surface area contributed by atoms with Crippen LogP contribution in [0.1, 0.15) is 17.3 Å². The molecule has 7 nitrogen and oxygen atoms in total. The van der Waals surface area contributed by atoms with Crippen LogP contribution in [0, 0.1) is 0 Å². The van der Waals surface area contributed by atoms with E-state index < -0.39 is 16.0 Å². The van der Waals surface area contributed by atoms with Gasteiger partial charge in [-0.15, -0.1) is 0 Å². The Bertz CT molecular complexity index is 599. The Kier molecular flexibility index (Phi) is 6.13. The second-order valence-electron chi connectivity index (χ2n) is 4.19. The summed E-state index contributed by atoms with van der Waals surface area (Å²) < 4.78 is 36.2. The van der Waals surface area contributed by atoms with Crippen LogP contribution in [0.4, 0.5) is 0 Å². The quantitative estimate of drug-likeness (QED) is 0.720. The molecular formula is C13H19NO6S. The third-order valence-corrected chi connectivity index (χ3v) is 4.73. The molecule has 1 aromatic carbocycles. The molecular weight excluding hydrogens is 298 g/mol. The molecule has 118 valence electrons. The number of carboxylic acids is 1. The fourth-order valence-corrected chi connectivity index (χ4v) is 2.97. The lowest BCUT2D eigenvalue weighted by Crippen LogP contribution is -2.30. The predicted octanol–water partition coefficient (Wildman–Crippen LogP) is 1.05. The average Bonchev–Trinajstić information content (AvgIpc) is 2.46. The number of aromatic carboxylic acids is 1. The summed E-state index contributed by atoms with van der Waals surface area (Å²) in [5.74, 6) is -1.10. The summed E-state index contributed by atoms with van der Waals surface area (Å²) in [5, 5.41) is 8.98. The topological polar surface area (TPSA) is 93.1 Å². The molecule has 0 saturated heterocycles. The SMILES string of the molecule is CCOCCN(C)S(=O)(=O)c1cc(C(=O)O)ccc1OC. The molecule has 0 fully saturated rings. The van der Waals surface area contributed by atoms with Gasteiger partial charge in [0.2, 0.25) is 10.0 Å². The van der Waals surface area contributed by atoms with Crippen LogP contribution in [-0.2, 0) is 14.8 Å². The molecule has 1 rings (SSSR count). The van der Waals surface area contributed by atoms with Crippen LogP contribution in [-0.4, -0.2) is 57.7 Å². The van der Waals surface area contributed by atoms with Crippen molar-refractivity contribution >= 4 is 16.0 Å². The van der Waals surface area contributed by atoms with E-state index in [1.165, 1.54) is 26.3 Å². The maximum absolute atomic E-state index is 12.5.